The van der Waals surface area contributed by atoms with Gasteiger partial charge in [-0.15, -0.1) is 0 Å². The first kappa shape index (κ1) is 21.8. The molecule has 1 fully saturated rings. The van der Waals surface area contributed by atoms with Crippen molar-refractivity contribution >= 4 is 27.3 Å². The minimum Gasteiger partial charge on any atom is -0.371 e. The van der Waals surface area contributed by atoms with Crippen LogP contribution < -0.4 is 10.2 Å². The van der Waals surface area contributed by atoms with Gasteiger partial charge < -0.3 is 10.2 Å². The molecule has 0 saturated carbocycles. The van der Waals surface area contributed by atoms with E-state index in [-0.39, 0.29) is 12.3 Å². The van der Waals surface area contributed by atoms with Crippen molar-refractivity contribution in [3.05, 3.63) is 59.2 Å². The minimum absolute atomic E-state index is 0.230. The van der Waals surface area contributed by atoms with Crippen LogP contribution in [-0.2, 0) is 20.6 Å². The molecule has 158 valence electrons. The molecule has 1 saturated heterocycles. The lowest BCUT2D eigenvalue weighted by Gasteiger charge is -2.21. The van der Waals surface area contributed by atoms with Crippen LogP contribution in [0.2, 0.25) is 0 Å². The lowest BCUT2D eigenvalue weighted by molar-refractivity contribution is -0.116. The molecule has 2 aromatic rings. The third-order valence-corrected chi connectivity index (χ3v) is 6.98. The molecule has 0 bridgehead atoms. The van der Waals surface area contributed by atoms with Crippen LogP contribution in [0.25, 0.3) is 0 Å². The summed E-state index contributed by atoms with van der Waals surface area (Å²) in [4.78, 5) is 14.7. The number of nitrogens with one attached hydrogen (secondary N) is 1. The van der Waals surface area contributed by atoms with E-state index >= 15 is 0 Å². The van der Waals surface area contributed by atoms with Crippen LogP contribution in [0.4, 0.5) is 11.4 Å². The third kappa shape index (κ3) is 5.38. The van der Waals surface area contributed by atoms with E-state index in [1.165, 1.54) is 25.6 Å². The second-order valence-electron chi connectivity index (χ2n) is 7.56. The average molecular weight is 427 g/mol. The Morgan fingerprint density at radius 2 is 1.83 bits per heavy atom. The fourth-order valence-electron chi connectivity index (χ4n) is 3.54. The molecular formula is C22H26N4O3S. The largest absolute Gasteiger partial charge is 0.371 e. The van der Waals surface area contributed by atoms with E-state index < -0.39 is 15.9 Å². The average Bonchev–Trinajstić information content (AvgIpc) is 3.22. The zero-order valence-corrected chi connectivity index (χ0v) is 18.1. The van der Waals surface area contributed by atoms with Gasteiger partial charge in [-0.1, -0.05) is 12.1 Å². The first-order chi connectivity index (χ1) is 14.3. The smallest absolute Gasteiger partial charge is 0.239 e. The van der Waals surface area contributed by atoms with Gasteiger partial charge in [0.2, 0.25) is 15.9 Å². The normalized spacial score (nSPS) is 14.0. The Bertz CT molecular complexity index is 1050. The van der Waals surface area contributed by atoms with Crippen molar-refractivity contribution in [2.24, 2.45) is 0 Å². The molecule has 1 N–H and O–H groups in total. The van der Waals surface area contributed by atoms with E-state index in [9.17, 15) is 13.2 Å². The molecule has 0 unspecified atom stereocenters. The number of nitriles is 1. The van der Waals surface area contributed by atoms with Gasteiger partial charge in [0.15, 0.2) is 0 Å². The lowest BCUT2D eigenvalue weighted by atomic mass is 10.1. The Balaban J connectivity index is 1.59. The molecule has 0 aromatic heterocycles. The lowest BCUT2D eigenvalue weighted by Crippen LogP contribution is -2.35. The van der Waals surface area contributed by atoms with Crippen LogP contribution in [0.3, 0.4) is 0 Å². The van der Waals surface area contributed by atoms with Gasteiger partial charge in [-0.3, -0.25) is 4.79 Å². The zero-order chi connectivity index (χ0) is 21.7. The van der Waals surface area contributed by atoms with Gasteiger partial charge in [0.25, 0.3) is 0 Å². The topological polar surface area (TPSA) is 93.5 Å². The molecule has 0 spiro atoms. The molecular weight excluding hydrogens is 400 g/mol. The van der Waals surface area contributed by atoms with Gasteiger partial charge in [-0.2, -0.15) is 9.57 Å². The third-order valence-electron chi connectivity index (χ3n) is 5.20. The molecule has 2 aromatic carbocycles. The number of carbonyl (C=O) groups is 1. The SMILES string of the molecule is Cc1cc(NC(=O)CN(C)S(=O)(=O)Cc2ccc(C#N)cc2)ccc1N1CCCC1. The van der Waals surface area contributed by atoms with Crippen LogP contribution in [0.5, 0.6) is 0 Å². The molecule has 0 radical (unpaired) electrons. The number of carbonyl (C=O) groups excluding carboxylic acids is 1. The van der Waals surface area contributed by atoms with Crippen molar-refractivity contribution in [1.29, 1.82) is 5.26 Å². The van der Waals surface area contributed by atoms with Crippen LogP contribution in [0.1, 0.15) is 29.5 Å². The number of amides is 1. The number of hydrogen-bond donors (Lipinski definition) is 1. The van der Waals surface area contributed by atoms with Crippen molar-refractivity contribution in [2.45, 2.75) is 25.5 Å². The highest BCUT2D eigenvalue weighted by molar-refractivity contribution is 7.88. The van der Waals surface area contributed by atoms with Crippen molar-refractivity contribution in [3.63, 3.8) is 0 Å². The number of sulfonamides is 1. The van der Waals surface area contributed by atoms with E-state index in [2.05, 4.69) is 10.2 Å². The molecule has 0 atom stereocenters. The predicted octanol–water partition coefficient (Wildman–Crippen LogP) is 2.87. The summed E-state index contributed by atoms with van der Waals surface area (Å²) < 4.78 is 26.2. The van der Waals surface area contributed by atoms with Gasteiger partial charge in [0.1, 0.15) is 0 Å². The van der Waals surface area contributed by atoms with Gasteiger partial charge in [0, 0.05) is 31.5 Å². The Morgan fingerprint density at radius 1 is 1.17 bits per heavy atom. The molecule has 3 rings (SSSR count). The summed E-state index contributed by atoms with van der Waals surface area (Å²) in [5.74, 6) is -0.624. The van der Waals surface area contributed by atoms with E-state index in [1.807, 2.05) is 31.2 Å². The summed E-state index contributed by atoms with van der Waals surface area (Å²) in [6.45, 7) is 3.84. The van der Waals surface area contributed by atoms with Crippen LogP contribution >= 0.6 is 0 Å². The number of rotatable bonds is 7. The quantitative estimate of drug-likeness (QED) is 0.735. The highest BCUT2D eigenvalue weighted by atomic mass is 32.2. The van der Waals surface area contributed by atoms with Gasteiger partial charge in [-0.25, -0.2) is 8.42 Å². The fourth-order valence-corrected chi connectivity index (χ4v) is 4.69. The van der Waals surface area contributed by atoms with E-state index in [0.29, 0.717) is 16.8 Å². The van der Waals surface area contributed by atoms with Crippen molar-refractivity contribution in [3.8, 4) is 6.07 Å². The van der Waals surface area contributed by atoms with E-state index in [4.69, 9.17) is 5.26 Å². The van der Waals surface area contributed by atoms with Crippen molar-refractivity contribution in [1.82, 2.24) is 4.31 Å². The van der Waals surface area contributed by atoms with Crippen molar-refractivity contribution in [2.75, 3.05) is 36.9 Å². The summed E-state index contributed by atoms with van der Waals surface area (Å²) in [6, 6.07) is 14.1. The predicted molar refractivity (Wildman–Crippen MR) is 118 cm³/mol. The fraction of sp³-hybridized carbons (Fsp3) is 0.364. The summed E-state index contributed by atoms with van der Waals surface area (Å²) in [7, 11) is -2.27. The van der Waals surface area contributed by atoms with E-state index in [1.54, 1.807) is 24.3 Å². The molecule has 30 heavy (non-hydrogen) atoms. The van der Waals surface area contributed by atoms with Crippen molar-refractivity contribution < 1.29 is 13.2 Å². The summed E-state index contributed by atoms with van der Waals surface area (Å²) in [6.07, 6.45) is 2.39. The number of anilines is 2. The number of nitrogens with zero attached hydrogens (tertiary/aromatic N) is 3. The Kier molecular flexibility index (Phi) is 6.75. The maximum Gasteiger partial charge on any atom is 0.239 e. The second kappa shape index (κ2) is 9.28. The van der Waals surface area contributed by atoms with Crippen LogP contribution in [-0.4, -0.2) is 45.3 Å². The second-order valence-corrected chi connectivity index (χ2v) is 9.64. The number of benzene rings is 2. The summed E-state index contributed by atoms with van der Waals surface area (Å²) in [5.41, 5.74) is 3.94. The summed E-state index contributed by atoms with van der Waals surface area (Å²) >= 11 is 0. The highest BCUT2D eigenvalue weighted by Crippen LogP contribution is 2.26. The first-order valence-electron chi connectivity index (χ1n) is 9.87. The molecule has 1 aliphatic rings. The maximum absolute atomic E-state index is 12.6. The zero-order valence-electron chi connectivity index (χ0n) is 17.3. The first-order valence-corrected chi connectivity index (χ1v) is 11.5. The van der Waals surface area contributed by atoms with E-state index in [0.717, 1.165) is 23.0 Å². The molecule has 7 nitrogen and oxygen atoms in total. The summed E-state index contributed by atoms with van der Waals surface area (Å²) in [5, 5.41) is 11.6. The molecule has 8 heteroatoms. The maximum atomic E-state index is 12.6. The van der Waals surface area contributed by atoms with Gasteiger partial charge >= 0.3 is 0 Å². The Hall–Kier alpha value is -2.89. The number of likely N-dealkylation sites (N-methyl/N-ethyl adjacent to an activating group) is 1. The van der Waals surface area contributed by atoms with Crippen LogP contribution in [0, 0.1) is 18.3 Å². The Morgan fingerprint density at radius 3 is 2.43 bits per heavy atom. The van der Waals surface area contributed by atoms with Gasteiger partial charge in [0.05, 0.1) is 23.9 Å². The number of hydrogen-bond acceptors (Lipinski definition) is 5. The van der Waals surface area contributed by atoms with Gasteiger partial charge in [-0.05, 0) is 61.2 Å². The Labute approximate surface area is 178 Å². The molecule has 0 aliphatic carbocycles. The highest BCUT2D eigenvalue weighted by Gasteiger charge is 2.21. The molecule has 1 aliphatic heterocycles. The standard InChI is InChI=1S/C22H26N4O3S/c1-17-13-20(9-10-21(17)26-11-3-4-12-26)24-22(27)15-25(2)30(28,29)16-19-7-5-18(14-23)6-8-19/h5-10,13H,3-4,11-12,15-16H2,1-2H3,(H,24,27). The van der Waals surface area contributed by atoms with Crippen LogP contribution in [0.15, 0.2) is 42.5 Å². The monoisotopic (exact) mass is 426 g/mol. The minimum atomic E-state index is -3.66. The number of aryl methyl sites for hydroxylation is 1. The molecule has 1 amide bonds. The molecule has 1 heterocycles.